The van der Waals surface area contributed by atoms with E-state index in [1.807, 2.05) is 0 Å². The molecule has 4 aromatic rings. The predicted octanol–water partition coefficient (Wildman–Crippen LogP) is 6.00. The zero-order valence-electron chi connectivity index (χ0n) is 13.6. The van der Waals surface area contributed by atoms with Crippen LogP contribution in [0.1, 0.15) is 0 Å². The van der Waals surface area contributed by atoms with Gasteiger partial charge in [-0.15, -0.1) is 15.3 Å². The highest BCUT2D eigenvalue weighted by Crippen LogP contribution is 2.35. The third-order valence-electron chi connectivity index (χ3n) is 3.89. The molecule has 0 aliphatic heterocycles. The van der Waals surface area contributed by atoms with Gasteiger partial charge in [0.05, 0.1) is 16.8 Å². The number of rotatable bonds is 3. The molecule has 134 valence electrons. The highest BCUT2D eigenvalue weighted by Gasteiger charge is 2.27. The van der Waals surface area contributed by atoms with Crippen LogP contribution in [-0.2, 0) is 0 Å². The summed E-state index contributed by atoms with van der Waals surface area (Å²) in [5.41, 5.74) is 0.205. The summed E-state index contributed by atoms with van der Waals surface area (Å²) in [6.07, 6.45) is 0. The van der Waals surface area contributed by atoms with Crippen LogP contribution >= 0.6 is 0 Å². The number of hydrogen-bond acceptors (Lipinski definition) is 3. The molecule has 0 aliphatic rings. The molecule has 0 radical (unpaired) electrons. The third-order valence-corrected chi connectivity index (χ3v) is 3.89. The van der Waals surface area contributed by atoms with Gasteiger partial charge in [0.25, 0.3) is 0 Å². The van der Waals surface area contributed by atoms with Gasteiger partial charge in [0.1, 0.15) is 5.52 Å². The zero-order valence-corrected chi connectivity index (χ0v) is 13.6. The van der Waals surface area contributed by atoms with E-state index < -0.39 is 34.2 Å². The molecular weight excluding hydrogens is 360 g/mol. The second-order valence-electron chi connectivity index (χ2n) is 5.59. The SMILES string of the molecule is Fc1c(F)c(F)c2c(c(N=Nc3ccccc3)nn2-c2ccccc2)c1F. The van der Waals surface area contributed by atoms with E-state index in [9.17, 15) is 17.6 Å². The monoisotopic (exact) mass is 370 g/mol. The standard InChI is InChI=1S/C19H10F4N4/c20-14-13-18(17(23)16(22)15(14)21)27(12-9-5-2-6-10-12)26-19(13)25-24-11-7-3-1-4-8-11/h1-10H. The Morgan fingerprint density at radius 1 is 0.667 bits per heavy atom. The van der Waals surface area contributed by atoms with Crippen molar-refractivity contribution in [2.45, 2.75) is 0 Å². The van der Waals surface area contributed by atoms with Crippen LogP contribution in [0.2, 0.25) is 0 Å². The van der Waals surface area contributed by atoms with E-state index in [1.165, 1.54) is 0 Å². The topological polar surface area (TPSA) is 42.5 Å². The van der Waals surface area contributed by atoms with Crippen LogP contribution in [0.25, 0.3) is 16.6 Å². The molecule has 0 saturated heterocycles. The first-order valence-electron chi connectivity index (χ1n) is 7.85. The zero-order chi connectivity index (χ0) is 19.0. The van der Waals surface area contributed by atoms with E-state index in [0.717, 1.165) is 4.68 Å². The molecule has 0 fully saturated rings. The number of para-hydroxylation sites is 1. The maximum atomic E-state index is 14.4. The summed E-state index contributed by atoms with van der Waals surface area (Å²) in [5.74, 6) is -7.34. The molecule has 27 heavy (non-hydrogen) atoms. The average molecular weight is 370 g/mol. The fourth-order valence-electron chi connectivity index (χ4n) is 2.64. The van der Waals surface area contributed by atoms with Crippen molar-refractivity contribution in [2.24, 2.45) is 10.2 Å². The summed E-state index contributed by atoms with van der Waals surface area (Å²) in [6.45, 7) is 0. The number of halogens is 4. The van der Waals surface area contributed by atoms with Gasteiger partial charge in [0, 0.05) is 0 Å². The van der Waals surface area contributed by atoms with Crippen LogP contribution in [0.3, 0.4) is 0 Å². The average Bonchev–Trinajstić information content (AvgIpc) is 3.10. The fraction of sp³-hybridized carbons (Fsp3) is 0. The molecule has 1 heterocycles. The first kappa shape index (κ1) is 16.9. The van der Waals surface area contributed by atoms with Gasteiger partial charge in [-0.1, -0.05) is 36.4 Å². The van der Waals surface area contributed by atoms with E-state index in [-0.39, 0.29) is 5.82 Å². The molecule has 4 rings (SSSR count). The predicted molar refractivity (Wildman–Crippen MR) is 91.5 cm³/mol. The molecule has 0 amide bonds. The maximum Gasteiger partial charge on any atom is 0.207 e. The van der Waals surface area contributed by atoms with E-state index in [4.69, 9.17) is 0 Å². The second kappa shape index (κ2) is 6.64. The van der Waals surface area contributed by atoms with Crippen molar-refractivity contribution in [3.63, 3.8) is 0 Å². The van der Waals surface area contributed by atoms with Gasteiger partial charge in [-0.25, -0.2) is 22.2 Å². The van der Waals surface area contributed by atoms with Gasteiger partial charge in [0.2, 0.25) is 5.82 Å². The van der Waals surface area contributed by atoms with Crippen LogP contribution in [0.5, 0.6) is 0 Å². The molecule has 0 aliphatic carbocycles. The Balaban J connectivity index is 2.01. The molecule has 1 aromatic heterocycles. The summed E-state index contributed by atoms with van der Waals surface area (Å²) < 4.78 is 57.4. The number of fused-ring (bicyclic) bond motifs is 1. The molecule has 0 atom stereocenters. The summed E-state index contributed by atoms with van der Waals surface area (Å²) in [7, 11) is 0. The number of aromatic nitrogens is 2. The normalized spacial score (nSPS) is 11.6. The molecule has 0 saturated carbocycles. The quantitative estimate of drug-likeness (QED) is 0.189. The van der Waals surface area contributed by atoms with Crippen molar-refractivity contribution in [2.75, 3.05) is 0 Å². The fourth-order valence-corrected chi connectivity index (χ4v) is 2.64. The lowest BCUT2D eigenvalue weighted by Crippen LogP contribution is -2.02. The summed E-state index contributed by atoms with van der Waals surface area (Å²) >= 11 is 0. The van der Waals surface area contributed by atoms with Crippen molar-refractivity contribution in [1.29, 1.82) is 0 Å². The van der Waals surface area contributed by atoms with Crippen LogP contribution in [0.15, 0.2) is 70.9 Å². The van der Waals surface area contributed by atoms with E-state index >= 15 is 0 Å². The molecule has 8 heteroatoms. The minimum absolute atomic E-state index is 0.327. The van der Waals surface area contributed by atoms with Crippen molar-refractivity contribution in [3.8, 4) is 5.69 Å². The first-order chi connectivity index (χ1) is 13.1. The Morgan fingerprint density at radius 3 is 1.93 bits per heavy atom. The molecule has 0 unspecified atom stereocenters. The Kier molecular flexibility index (Phi) is 4.15. The van der Waals surface area contributed by atoms with Crippen molar-refractivity contribution in [3.05, 3.63) is 83.9 Å². The van der Waals surface area contributed by atoms with Crippen molar-refractivity contribution in [1.82, 2.24) is 9.78 Å². The van der Waals surface area contributed by atoms with Crippen LogP contribution in [0, 0.1) is 23.3 Å². The maximum absolute atomic E-state index is 14.4. The van der Waals surface area contributed by atoms with Gasteiger partial charge in [-0.3, -0.25) is 0 Å². The summed E-state index contributed by atoms with van der Waals surface area (Å²) in [5, 5.41) is 11.2. The minimum Gasteiger partial charge on any atom is -0.228 e. The van der Waals surface area contributed by atoms with Gasteiger partial charge in [-0.2, -0.15) is 0 Å². The Hall–Kier alpha value is -3.55. The van der Waals surface area contributed by atoms with E-state index in [2.05, 4.69) is 15.3 Å². The minimum atomic E-state index is -1.93. The van der Waals surface area contributed by atoms with Gasteiger partial charge in [-0.05, 0) is 24.3 Å². The van der Waals surface area contributed by atoms with Gasteiger partial charge >= 0.3 is 0 Å². The first-order valence-corrected chi connectivity index (χ1v) is 7.85. The number of benzene rings is 3. The third kappa shape index (κ3) is 2.84. The lowest BCUT2D eigenvalue weighted by atomic mass is 10.2. The van der Waals surface area contributed by atoms with Crippen molar-refractivity contribution < 1.29 is 17.6 Å². The molecule has 0 spiro atoms. The van der Waals surface area contributed by atoms with Crippen LogP contribution in [0.4, 0.5) is 29.1 Å². The highest BCUT2D eigenvalue weighted by atomic mass is 19.2. The second-order valence-corrected chi connectivity index (χ2v) is 5.59. The Bertz CT molecular complexity index is 1160. The number of nitrogens with zero attached hydrogens (tertiary/aromatic N) is 4. The Morgan fingerprint density at radius 2 is 1.26 bits per heavy atom. The van der Waals surface area contributed by atoms with E-state index in [1.54, 1.807) is 60.7 Å². The van der Waals surface area contributed by atoms with E-state index in [0.29, 0.717) is 11.4 Å². The molecule has 0 N–H and O–H groups in total. The largest absolute Gasteiger partial charge is 0.228 e. The number of hydrogen-bond donors (Lipinski definition) is 0. The van der Waals surface area contributed by atoms with Crippen LogP contribution < -0.4 is 0 Å². The molecule has 0 bridgehead atoms. The van der Waals surface area contributed by atoms with Crippen LogP contribution in [-0.4, -0.2) is 9.78 Å². The lowest BCUT2D eigenvalue weighted by Gasteiger charge is -2.05. The van der Waals surface area contributed by atoms with Crippen molar-refractivity contribution >= 4 is 22.4 Å². The van der Waals surface area contributed by atoms with Gasteiger partial charge < -0.3 is 0 Å². The lowest BCUT2D eigenvalue weighted by molar-refractivity contribution is 0.417. The Labute approximate surface area is 150 Å². The molecule has 3 aromatic carbocycles. The summed E-state index contributed by atoms with van der Waals surface area (Å²) in [4.78, 5) is 0. The molecular formula is C19H10F4N4. The number of azo groups is 1. The smallest absolute Gasteiger partial charge is 0.207 e. The highest BCUT2D eigenvalue weighted by molar-refractivity contribution is 5.91. The molecule has 4 nitrogen and oxygen atoms in total. The summed E-state index contributed by atoms with van der Waals surface area (Å²) in [6, 6.07) is 16.6. The van der Waals surface area contributed by atoms with Gasteiger partial charge in [0.15, 0.2) is 23.3 Å².